The molecule has 2 rings (SSSR count). The first kappa shape index (κ1) is 14.6. The van der Waals surface area contributed by atoms with Gasteiger partial charge in [0.15, 0.2) is 5.69 Å². The van der Waals surface area contributed by atoms with E-state index in [0.29, 0.717) is 25.9 Å². The molecule has 0 spiro atoms. The number of carbonyl (C=O) groups is 1. The molecule has 1 fully saturated rings. The third kappa shape index (κ3) is 2.58. The average Bonchev–Trinajstić information content (AvgIpc) is 2.76. The van der Waals surface area contributed by atoms with Crippen molar-refractivity contribution in [3.05, 3.63) is 11.3 Å². The molecule has 1 aliphatic rings. The van der Waals surface area contributed by atoms with Crippen molar-refractivity contribution in [1.82, 2.24) is 15.1 Å². The van der Waals surface area contributed by atoms with Gasteiger partial charge < -0.3 is 15.8 Å². The molecule has 112 valence electrons. The highest BCUT2D eigenvalue weighted by Gasteiger charge is 2.39. The van der Waals surface area contributed by atoms with Crippen molar-refractivity contribution in [1.29, 1.82) is 0 Å². The minimum Gasteiger partial charge on any atom is -0.464 e. The van der Waals surface area contributed by atoms with E-state index in [1.807, 2.05) is 0 Å². The number of piperidine rings is 1. The molecule has 2 heterocycles. The lowest BCUT2D eigenvalue weighted by molar-refractivity contribution is -0.210. The molecule has 20 heavy (non-hydrogen) atoms. The highest BCUT2D eigenvalue weighted by molar-refractivity contribution is 5.90. The van der Waals surface area contributed by atoms with Crippen LogP contribution in [0.2, 0.25) is 0 Å². The fraction of sp³-hybridized carbons (Fsp3) is 0.636. The number of carbonyl (C=O) groups excluding carboxylic acids is 1. The fourth-order valence-corrected chi connectivity index (χ4v) is 2.40. The number of esters is 1. The Balaban J connectivity index is 2.51. The van der Waals surface area contributed by atoms with Crippen molar-refractivity contribution in [2.75, 3.05) is 25.9 Å². The Morgan fingerprint density at radius 2 is 2.05 bits per heavy atom. The SMILES string of the molecule is COC(=O)c1nn(C(F)(F)F)c(N)c1C1CCNCC1. The molecule has 0 aromatic carbocycles. The molecule has 1 aromatic rings. The number of methoxy groups -OCH3 is 1. The number of rotatable bonds is 2. The predicted molar refractivity (Wildman–Crippen MR) is 64.1 cm³/mol. The van der Waals surface area contributed by atoms with Gasteiger partial charge in [0.2, 0.25) is 0 Å². The third-order valence-corrected chi connectivity index (χ3v) is 3.33. The zero-order valence-electron chi connectivity index (χ0n) is 10.8. The first-order chi connectivity index (χ1) is 9.36. The largest absolute Gasteiger partial charge is 0.506 e. The van der Waals surface area contributed by atoms with Gasteiger partial charge in [-0.25, -0.2) is 4.79 Å². The van der Waals surface area contributed by atoms with Gasteiger partial charge in [-0.05, 0) is 31.8 Å². The highest BCUT2D eigenvalue weighted by atomic mass is 19.4. The molecule has 0 unspecified atom stereocenters. The topological polar surface area (TPSA) is 82.2 Å². The summed E-state index contributed by atoms with van der Waals surface area (Å²) < 4.78 is 42.7. The molecule has 1 aromatic heterocycles. The van der Waals surface area contributed by atoms with Gasteiger partial charge in [-0.2, -0.15) is 9.78 Å². The molecule has 3 N–H and O–H groups in total. The van der Waals surface area contributed by atoms with Gasteiger partial charge in [0, 0.05) is 5.56 Å². The highest BCUT2D eigenvalue weighted by Crippen LogP contribution is 2.36. The third-order valence-electron chi connectivity index (χ3n) is 3.33. The summed E-state index contributed by atoms with van der Waals surface area (Å²) in [4.78, 5) is 11.6. The number of anilines is 1. The Kier molecular flexibility index (Phi) is 3.89. The first-order valence-corrected chi connectivity index (χ1v) is 6.11. The summed E-state index contributed by atoms with van der Waals surface area (Å²) in [5, 5.41) is 6.40. The van der Waals surface area contributed by atoms with Gasteiger partial charge >= 0.3 is 12.3 Å². The molecule has 9 heteroatoms. The van der Waals surface area contributed by atoms with Crippen LogP contribution in [0.25, 0.3) is 0 Å². The van der Waals surface area contributed by atoms with Crippen LogP contribution in [0.5, 0.6) is 0 Å². The van der Waals surface area contributed by atoms with E-state index < -0.39 is 18.1 Å². The summed E-state index contributed by atoms with van der Waals surface area (Å²) in [6.45, 7) is 1.31. The lowest BCUT2D eigenvalue weighted by atomic mass is 9.89. The standard InChI is InChI=1S/C11H15F3N4O2/c1-20-10(19)8-7(6-2-4-16-5-3-6)9(15)18(17-8)11(12,13)14/h6,16H,2-5,15H2,1H3. The van der Waals surface area contributed by atoms with E-state index in [9.17, 15) is 18.0 Å². The van der Waals surface area contributed by atoms with Crippen LogP contribution in [0.4, 0.5) is 19.0 Å². The lowest BCUT2D eigenvalue weighted by Gasteiger charge is -2.23. The van der Waals surface area contributed by atoms with Crippen molar-refractivity contribution in [3.8, 4) is 0 Å². The minimum absolute atomic E-state index is 0.135. The molecule has 6 nitrogen and oxygen atoms in total. The van der Waals surface area contributed by atoms with Crippen molar-refractivity contribution in [2.24, 2.45) is 0 Å². The number of halogens is 3. The molecule has 0 radical (unpaired) electrons. The van der Waals surface area contributed by atoms with E-state index in [2.05, 4.69) is 15.2 Å². The van der Waals surface area contributed by atoms with Crippen LogP contribution in [0.1, 0.15) is 34.8 Å². The lowest BCUT2D eigenvalue weighted by Crippen LogP contribution is -2.28. The van der Waals surface area contributed by atoms with Gasteiger partial charge in [-0.1, -0.05) is 0 Å². The smallest absolute Gasteiger partial charge is 0.464 e. The van der Waals surface area contributed by atoms with Crippen molar-refractivity contribution < 1.29 is 22.7 Å². The monoisotopic (exact) mass is 292 g/mol. The van der Waals surface area contributed by atoms with E-state index in [-0.39, 0.29) is 21.9 Å². The summed E-state index contributed by atoms with van der Waals surface area (Å²) in [6, 6.07) is 0. The summed E-state index contributed by atoms with van der Waals surface area (Å²) in [6.07, 6.45) is -3.58. The summed E-state index contributed by atoms with van der Waals surface area (Å²) >= 11 is 0. The Hall–Kier alpha value is -1.77. The van der Waals surface area contributed by atoms with E-state index >= 15 is 0 Å². The number of nitrogen functional groups attached to an aromatic ring is 1. The zero-order chi connectivity index (χ0) is 14.9. The second-order valence-electron chi connectivity index (χ2n) is 4.54. The number of ether oxygens (including phenoxy) is 1. The van der Waals surface area contributed by atoms with Gasteiger partial charge in [0.1, 0.15) is 5.82 Å². The summed E-state index contributed by atoms with van der Waals surface area (Å²) in [5.41, 5.74) is 5.35. The second-order valence-corrected chi connectivity index (χ2v) is 4.54. The van der Waals surface area contributed by atoms with Crippen LogP contribution in [-0.4, -0.2) is 35.9 Å². The first-order valence-electron chi connectivity index (χ1n) is 6.11. The van der Waals surface area contributed by atoms with Crippen LogP contribution in [0.15, 0.2) is 0 Å². The quantitative estimate of drug-likeness (QED) is 0.800. The van der Waals surface area contributed by atoms with Crippen LogP contribution in [0, 0.1) is 0 Å². The van der Waals surface area contributed by atoms with E-state index in [0.717, 1.165) is 7.11 Å². The van der Waals surface area contributed by atoms with E-state index in [1.165, 1.54) is 0 Å². The maximum absolute atomic E-state index is 12.8. The van der Waals surface area contributed by atoms with Crippen molar-refractivity contribution in [2.45, 2.75) is 25.1 Å². The van der Waals surface area contributed by atoms with Crippen molar-refractivity contribution in [3.63, 3.8) is 0 Å². The number of nitrogens with two attached hydrogens (primary N) is 1. The van der Waals surface area contributed by atoms with Gasteiger partial charge in [0.25, 0.3) is 0 Å². The van der Waals surface area contributed by atoms with Crippen LogP contribution in [-0.2, 0) is 11.0 Å². The number of nitrogens with zero attached hydrogens (tertiary/aromatic N) is 2. The van der Waals surface area contributed by atoms with E-state index in [1.54, 1.807) is 0 Å². The second kappa shape index (κ2) is 5.31. The number of hydrogen-bond donors (Lipinski definition) is 2. The van der Waals surface area contributed by atoms with Crippen LogP contribution >= 0.6 is 0 Å². The number of nitrogens with one attached hydrogen (secondary N) is 1. The summed E-state index contributed by atoms with van der Waals surface area (Å²) in [5.74, 6) is -1.68. The Morgan fingerprint density at radius 1 is 1.45 bits per heavy atom. The molecule has 0 bridgehead atoms. The predicted octanol–water partition coefficient (Wildman–Crippen LogP) is 1.20. The Morgan fingerprint density at radius 3 is 2.55 bits per heavy atom. The van der Waals surface area contributed by atoms with Gasteiger partial charge in [0.05, 0.1) is 7.11 Å². The number of hydrogen-bond acceptors (Lipinski definition) is 5. The number of alkyl halides is 3. The van der Waals surface area contributed by atoms with Crippen LogP contribution < -0.4 is 11.1 Å². The van der Waals surface area contributed by atoms with Crippen molar-refractivity contribution >= 4 is 11.8 Å². The fourth-order valence-electron chi connectivity index (χ4n) is 2.40. The van der Waals surface area contributed by atoms with Gasteiger partial charge in [-0.15, -0.1) is 13.2 Å². The maximum Gasteiger partial charge on any atom is 0.506 e. The summed E-state index contributed by atoms with van der Waals surface area (Å²) in [7, 11) is 1.09. The Labute approximate surface area is 113 Å². The normalized spacial score (nSPS) is 17.2. The maximum atomic E-state index is 12.8. The molecular weight excluding hydrogens is 277 g/mol. The minimum atomic E-state index is -4.77. The molecule has 0 aliphatic carbocycles. The van der Waals surface area contributed by atoms with Crippen LogP contribution in [0.3, 0.4) is 0 Å². The molecule has 0 saturated carbocycles. The van der Waals surface area contributed by atoms with Gasteiger partial charge in [-0.3, -0.25) is 0 Å². The van der Waals surface area contributed by atoms with E-state index in [4.69, 9.17) is 5.73 Å². The Bertz CT molecular complexity index is 507. The zero-order valence-corrected chi connectivity index (χ0v) is 10.8. The molecular formula is C11H15F3N4O2. The number of aromatic nitrogens is 2. The molecule has 0 amide bonds. The molecule has 1 saturated heterocycles. The average molecular weight is 292 g/mol. The molecule has 0 atom stereocenters. The molecule has 1 aliphatic heterocycles.